The van der Waals surface area contributed by atoms with Crippen molar-refractivity contribution in [1.82, 2.24) is 20.9 Å². The number of amides is 2. The molecule has 2 amide bonds. The molecule has 0 bridgehead atoms. The second-order valence-corrected chi connectivity index (χ2v) is 9.68. The van der Waals surface area contributed by atoms with Crippen LogP contribution in [0.25, 0.3) is 0 Å². The molecule has 1 aromatic heterocycles. The van der Waals surface area contributed by atoms with Crippen LogP contribution in [0.5, 0.6) is 0 Å². The molecule has 1 unspecified atom stereocenters. The van der Waals surface area contributed by atoms with Crippen LogP contribution in [0.15, 0.2) is 18.3 Å². The maximum Gasteiger partial charge on any atom is 0.243 e. The predicted octanol–water partition coefficient (Wildman–Crippen LogP) is 3.15. The van der Waals surface area contributed by atoms with Crippen LogP contribution in [0.2, 0.25) is 0 Å². The quantitative estimate of drug-likeness (QED) is 0.469. The highest BCUT2D eigenvalue weighted by Gasteiger charge is 2.41. The highest BCUT2D eigenvalue weighted by molar-refractivity contribution is 5.89. The zero-order valence-electron chi connectivity index (χ0n) is 19.7. The fraction of sp³-hybridized carbons (Fsp3) is 0.720. The van der Waals surface area contributed by atoms with Gasteiger partial charge in [-0.1, -0.05) is 70.3 Å². The van der Waals surface area contributed by atoms with Crippen molar-refractivity contribution in [2.75, 3.05) is 12.8 Å². The maximum atomic E-state index is 13.6. The van der Waals surface area contributed by atoms with Crippen LogP contribution >= 0.6 is 0 Å². The Hall–Kier alpha value is -2.15. The van der Waals surface area contributed by atoms with E-state index in [1.807, 2.05) is 13.0 Å². The molecule has 2 aliphatic carbocycles. The summed E-state index contributed by atoms with van der Waals surface area (Å²) >= 11 is 0. The van der Waals surface area contributed by atoms with Gasteiger partial charge in [-0.2, -0.15) is 0 Å². The van der Waals surface area contributed by atoms with Crippen molar-refractivity contribution in [1.29, 1.82) is 0 Å². The first-order valence-corrected chi connectivity index (χ1v) is 12.5. The number of carbonyl (C=O) groups excluding carboxylic acids is 2. The van der Waals surface area contributed by atoms with Crippen molar-refractivity contribution >= 4 is 17.6 Å². The molecule has 2 atom stereocenters. The third-order valence-corrected chi connectivity index (χ3v) is 7.49. The lowest BCUT2D eigenvalue weighted by Crippen LogP contribution is -2.57. The molecular formula is C25H41N5O2. The monoisotopic (exact) mass is 443 g/mol. The summed E-state index contributed by atoms with van der Waals surface area (Å²) in [6, 6.07) is 2.76. The molecule has 0 aliphatic heterocycles. The number of anilines is 1. The lowest BCUT2D eigenvalue weighted by molar-refractivity contribution is -0.133. The van der Waals surface area contributed by atoms with E-state index in [4.69, 9.17) is 5.73 Å². The van der Waals surface area contributed by atoms with Crippen molar-refractivity contribution < 1.29 is 9.59 Å². The standard InChI is InChI=1S/C25H41N5O2/c1-17(27-2)24(31)30-23(25(32)29-16-18-13-14-21(26)28-15-18)22(19-9-5-3-6-10-19)20-11-7-4-8-12-20/h13-15,17,19-20,22-23,27H,3-12,16H2,1-2H3,(H2,26,28)(H,29,32)(H,30,31)/t17?,23-/m1/s1. The Bertz CT molecular complexity index is 708. The molecular weight excluding hydrogens is 402 g/mol. The van der Waals surface area contributed by atoms with Gasteiger partial charge < -0.3 is 21.7 Å². The first-order chi connectivity index (χ1) is 15.5. The van der Waals surface area contributed by atoms with E-state index in [0.717, 1.165) is 31.2 Å². The zero-order chi connectivity index (χ0) is 22.9. The smallest absolute Gasteiger partial charge is 0.243 e. The summed E-state index contributed by atoms with van der Waals surface area (Å²) in [5.74, 6) is 1.43. The number of rotatable bonds is 9. The molecule has 3 rings (SSSR count). The SMILES string of the molecule is CNC(C)C(=O)N[C@@H](C(=O)NCc1ccc(N)nc1)C(C1CCCCC1)C1CCCCC1. The van der Waals surface area contributed by atoms with Gasteiger partial charge in [0.05, 0.1) is 6.04 Å². The van der Waals surface area contributed by atoms with Crippen molar-refractivity contribution in [3.63, 3.8) is 0 Å². The minimum absolute atomic E-state index is 0.0837. The van der Waals surface area contributed by atoms with Gasteiger partial charge in [0, 0.05) is 12.7 Å². The van der Waals surface area contributed by atoms with Gasteiger partial charge in [0.2, 0.25) is 11.8 Å². The number of hydrogen-bond acceptors (Lipinski definition) is 5. The average Bonchev–Trinajstić information content (AvgIpc) is 2.83. The van der Waals surface area contributed by atoms with E-state index in [1.165, 1.54) is 38.5 Å². The topological polar surface area (TPSA) is 109 Å². The number of nitrogens with one attached hydrogen (secondary N) is 3. The van der Waals surface area contributed by atoms with Gasteiger partial charge in [0.25, 0.3) is 0 Å². The highest BCUT2D eigenvalue weighted by atomic mass is 16.2. The molecule has 2 saturated carbocycles. The third kappa shape index (κ3) is 6.67. The van der Waals surface area contributed by atoms with Crippen LogP contribution in [-0.4, -0.2) is 35.9 Å². The number of nitrogen functional groups attached to an aromatic ring is 1. The number of hydrogen-bond donors (Lipinski definition) is 4. The minimum Gasteiger partial charge on any atom is -0.384 e. The van der Waals surface area contributed by atoms with Gasteiger partial charge >= 0.3 is 0 Å². The molecule has 178 valence electrons. The second kappa shape index (κ2) is 12.2. The summed E-state index contributed by atoms with van der Waals surface area (Å²) in [4.78, 5) is 30.6. The van der Waals surface area contributed by atoms with Crippen LogP contribution in [0.4, 0.5) is 5.82 Å². The average molecular weight is 444 g/mol. The first-order valence-electron chi connectivity index (χ1n) is 12.5. The van der Waals surface area contributed by atoms with Crippen LogP contribution in [0.1, 0.15) is 76.7 Å². The normalized spacial score (nSPS) is 20.0. The van der Waals surface area contributed by atoms with E-state index in [0.29, 0.717) is 24.2 Å². The number of carbonyl (C=O) groups is 2. The number of likely N-dealkylation sites (N-methyl/N-ethyl adjacent to an activating group) is 1. The summed E-state index contributed by atoms with van der Waals surface area (Å²) in [7, 11) is 1.77. The van der Waals surface area contributed by atoms with Gasteiger partial charge in [-0.05, 0) is 43.4 Å². The van der Waals surface area contributed by atoms with Crippen molar-refractivity contribution in [3.05, 3.63) is 23.9 Å². The molecule has 7 heteroatoms. The van der Waals surface area contributed by atoms with Crippen LogP contribution < -0.4 is 21.7 Å². The van der Waals surface area contributed by atoms with Crippen molar-refractivity contribution in [2.45, 2.75) is 89.8 Å². The number of nitrogens with zero attached hydrogens (tertiary/aromatic N) is 1. The zero-order valence-corrected chi connectivity index (χ0v) is 19.7. The second-order valence-electron chi connectivity index (χ2n) is 9.68. The van der Waals surface area contributed by atoms with Crippen LogP contribution in [0, 0.1) is 17.8 Å². The minimum atomic E-state index is -0.508. The summed E-state index contributed by atoms with van der Waals surface area (Å²) in [5.41, 5.74) is 6.58. The molecule has 1 aromatic rings. The number of nitrogens with two attached hydrogens (primary N) is 1. The fourth-order valence-corrected chi connectivity index (χ4v) is 5.55. The molecule has 7 nitrogen and oxygen atoms in total. The summed E-state index contributed by atoms with van der Waals surface area (Å²) in [5, 5.41) is 9.25. The molecule has 0 spiro atoms. The van der Waals surface area contributed by atoms with E-state index >= 15 is 0 Å². The Balaban J connectivity index is 1.81. The van der Waals surface area contributed by atoms with Gasteiger partial charge in [0.15, 0.2) is 0 Å². The Morgan fingerprint density at radius 3 is 2.09 bits per heavy atom. The molecule has 0 saturated heterocycles. The van der Waals surface area contributed by atoms with Crippen molar-refractivity contribution in [2.24, 2.45) is 17.8 Å². The maximum absolute atomic E-state index is 13.6. The Morgan fingerprint density at radius 2 is 1.59 bits per heavy atom. The van der Waals surface area contributed by atoms with E-state index in [-0.39, 0.29) is 23.8 Å². The summed E-state index contributed by atoms with van der Waals surface area (Å²) in [6.07, 6.45) is 13.8. The van der Waals surface area contributed by atoms with Gasteiger partial charge in [-0.25, -0.2) is 4.98 Å². The number of pyridine rings is 1. The van der Waals surface area contributed by atoms with Gasteiger partial charge in [-0.15, -0.1) is 0 Å². The molecule has 1 heterocycles. The Labute approximate surface area is 192 Å². The fourth-order valence-electron chi connectivity index (χ4n) is 5.55. The Kier molecular flexibility index (Phi) is 9.33. The van der Waals surface area contributed by atoms with E-state index in [2.05, 4.69) is 20.9 Å². The highest BCUT2D eigenvalue weighted by Crippen LogP contribution is 2.41. The summed E-state index contributed by atoms with van der Waals surface area (Å²) in [6.45, 7) is 2.21. The molecule has 2 aliphatic rings. The van der Waals surface area contributed by atoms with E-state index in [9.17, 15) is 9.59 Å². The van der Waals surface area contributed by atoms with Gasteiger partial charge in [-0.3, -0.25) is 9.59 Å². The molecule has 32 heavy (non-hydrogen) atoms. The van der Waals surface area contributed by atoms with Crippen molar-refractivity contribution in [3.8, 4) is 0 Å². The van der Waals surface area contributed by atoms with E-state index < -0.39 is 6.04 Å². The molecule has 0 radical (unpaired) electrons. The summed E-state index contributed by atoms with van der Waals surface area (Å²) < 4.78 is 0. The molecule has 5 N–H and O–H groups in total. The molecule has 0 aromatic carbocycles. The third-order valence-electron chi connectivity index (χ3n) is 7.49. The van der Waals surface area contributed by atoms with E-state index in [1.54, 1.807) is 19.3 Å². The van der Waals surface area contributed by atoms with Gasteiger partial charge in [0.1, 0.15) is 11.9 Å². The predicted molar refractivity (Wildman–Crippen MR) is 128 cm³/mol. The Morgan fingerprint density at radius 1 is 1.00 bits per heavy atom. The lowest BCUT2D eigenvalue weighted by atomic mass is 9.66. The molecule has 2 fully saturated rings. The lowest BCUT2D eigenvalue weighted by Gasteiger charge is -2.42. The van der Waals surface area contributed by atoms with Crippen LogP contribution in [-0.2, 0) is 16.1 Å². The first kappa shape index (κ1) is 24.5. The number of aromatic nitrogens is 1. The largest absolute Gasteiger partial charge is 0.384 e. The van der Waals surface area contributed by atoms with Crippen LogP contribution in [0.3, 0.4) is 0 Å².